The van der Waals surface area contributed by atoms with Crippen molar-refractivity contribution in [3.8, 4) is 11.5 Å². The molecule has 0 atom stereocenters. The number of carbonyl (C=O) groups excluding carboxylic acids is 2. The van der Waals surface area contributed by atoms with Crippen molar-refractivity contribution in [3.63, 3.8) is 0 Å². The summed E-state index contributed by atoms with van der Waals surface area (Å²) < 4.78 is 13.0. The second-order valence-corrected chi connectivity index (χ2v) is 10.0. The highest BCUT2D eigenvalue weighted by molar-refractivity contribution is 8.00. The molecule has 9 heteroatoms. The Bertz CT molecular complexity index is 1230. The third kappa shape index (κ3) is 5.06. The second-order valence-electron chi connectivity index (χ2n) is 9.03. The number of para-hydroxylation sites is 1. The van der Waals surface area contributed by atoms with Crippen LogP contribution in [0, 0.1) is 0 Å². The highest BCUT2D eigenvalue weighted by atomic mass is 32.2. The summed E-state index contributed by atoms with van der Waals surface area (Å²) in [6, 6.07) is 13.7. The molecule has 1 saturated heterocycles. The van der Waals surface area contributed by atoms with Crippen LogP contribution < -0.4 is 14.4 Å². The van der Waals surface area contributed by atoms with Gasteiger partial charge in [-0.25, -0.2) is 4.98 Å². The average molecular weight is 507 g/mol. The van der Waals surface area contributed by atoms with Gasteiger partial charge in [0.15, 0.2) is 0 Å². The van der Waals surface area contributed by atoms with Crippen molar-refractivity contribution in [2.45, 2.75) is 30.2 Å². The number of thioether (sulfide) groups is 1. The Morgan fingerprint density at radius 2 is 1.81 bits per heavy atom. The van der Waals surface area contributed by atoms with E-state index in [2.05, 4.69) is 9.55 Å². The summed E-state index contributed by atoms with van der Waals surface area (Å²) in [5, 5.41) is 0. The Hall–Kier alpha value is -3.46. The van der Waals surface area contributed by atoms with Gasteiger partial charge in [-0.15, -0.1) is 11.8 Å². The van der Waals surface area contributed by atoms with Crippen molar-refractivity contribution in [1.82, 2.24) is 14.5 Å². The molecule has 8 nitrogen and oxygen atoms in total. The number of hydrogen-bond acceptors (Lipinski definition) is 6. The lowest BCUT2D eigenvalue weighted by Gasteiger charge is -2.34. The third-order valence-electron chi connectivity index (χ3n) is 6.83. The van der Waals surface area contributed by atoms with Gasteiger partial charge in [-0.2, -0.15) is 0 Å². The van der Waals surface area contributed by atoms with Crippen LogP contribution in [0.1, 0.15) is 30.1 Å². The maximum atomic E-state index is 13.1. The fourth-order valence-electron chi connectivity index (χ4n) is 4.92. The monoisotopic (exact) mass is 506 g/mol. The molecule has 188 valence electrons. The number of anilines is 1. The van der Waals surface area contributed by atoms with E-state index in [1.54, 1.807) is 19.1 Å². The molecule has 0 spiro atoms. The van der Waals surface area contributed by atoms with Crippen molar-refractivity contribution in [1.29, 1.82) is 0 Å². The number of likely N-dealkylation sites (tertiary alicyclic amines) is 1. The first kappa shape index (κ1) is 24.2. The Morgan fingerprint density at radius 1 is 1.08 bits per heavy atom. The fraction of sp³-hybridized carbons (Fsp3) is 0.370. The van der Waals surface area contributed by atoms with Crippen LogP contribution in [-0.4, -0.2) is 65.9 Å². The number of rotatable bonds is 7. The van der Waals surface area contributed by atoms with Crippen LogP contribution in [-0.2, 0) is 16.1 Å². The zero-order valence-electron chi connectivity index (χ0n) is 20.6. The molecule has 0 saturated carbocycles. The van der Waals surface area contributed by atoms with Gasteiger partial charge in [-0.1, -0.05) is 12.1 Å². The molecule has 3 aromatic rings. The molecular formula is C27H30N4O4S. The van der Waals surface area contributed by atoms with Crippen LogP contribution in [0.5, 0.6) is 11.5 Å². The number of piperidine rings is 1. The van der Waals surface area contributed by atoms with E-state index in [0.29, 0.717) is 25.4 Å². The quantitative estimate of drug-likeness (QED) is 0.485. The number of methoxy groups -OCH3 is 2. The zero-order valence-corrected chi connectivity index (χ0v) is 21.4. The molecule has 2 aromatic carbocycles. The first-order valence-electron chi connectivity index (χ1n) is 12.1. The van der Waals surface area contributed by atoms with E-state index >= 15 is 0 Å². The number of imidazole rings is 1. The number of aromatic nitrogens is 2. The summed E-state index contributed by atoms with van der Waals surface area (Å²) in [5.74, 6) is 3.16. The summed E-state index contributed by atoms with van der Waals surface area (Å²) in [7, 11) is 3.30. The fourth-order valence-corrected chi connectivity index (χ4v) is 5.85. The lowest BCUT2D eigenvalue weighted by molar-refractivity contribution is -0.132. The molecule has 1 fully saturated rings. The molecule has 0 radical (unpaired) electrons. The number of nitrogens with zero attached hydrogens (tertiary/aromatic N) is 4. The highest BCUT2D eigenvalue weighted by Gasteiger charge is 2.31. The van der Waals surface area contributed by atoms with Crippen LogP contribution in [0.2, 0.25) is 0 Å². The zero-order chi connectivity index (χ0) is 25.1. The highest BCUT2D eigenvalue weighted by Crippen LogP contribution is 2.35. The summed E-state index contributed by atoms with van der Waals surface area (Å²) in [5.41, 5.74) is 1.90. The van der Waals surface area contributed by atoms with Crippen LogP contribution in [0.15, 0.2) is 59.8 Å². The number of carbonyl (C=O) groups is 2. The number of fused-ring (bicyclic) bond motifs is 1. The third-order valence-corrected chi connectivity index (χ3v) is 7.87. The molecule has 2 amide bonds. The van der Waals surface area contributed by atoms with Gasteiger partial charge in [0, 0.05) is 48.9 Å². The first-order valence-corrected chi connectivity index (χ1v) is 13.1. The van der Waals surface area contributed by atoms with Crippen molar-refractivity contribution < 1.29 is 19.1 Å². The van der Waals surface area contributed by atoms with E-state index in [1.165, 1.54) is 11.8 Å². The lowest BCUT2D eigenvalue weighted by Crippen LogP contribution is -2.47. The molecule has 1 aromatic heterocycles. The van der Waals surface area contributed by atoms with Gasteiger partial charge in [0.1, 0.15) is 23.9 Å². The number of amides is 2. The normalized spacial score (nSPS) is 16.1. The standard InChI is InChI=1S/C27H30N4O4S/c1-34-21-13-19(14-22(15-21)35-2)16-30-12-9-28-27(30)20-7-10-29(11-8-20)25(32)17-31-23-5-3-4-6-24(23)36-18-26(31)33/h3-6,9,12-15,20H,7-8,10-11,16-18H2,1-2H3. The van der Waals surface area contributed by atoms with Crippen molar-refractivity contribution >= 4 is 29.3 Å². The van der Waals surface area contributed by atoms with Gasteiger partial charge in [-0.3, -0.25) is 9.59 Å². The maximum absolute atomic E-state index is 13.1. The molecule has 2 aliphatic heterocycles. The molecule has 0 bridgehead atoms. The van der Waals surface area contributed by atoms with Crippen molar-refractivity contribution in [2.24, 2.45) is 0 Å². The first-order chi connectivity index (χ1) is 17.6. The Morgan fingerprint density at radius 3 is 2.53 bits per heavy atom. The van der Waals surface area contributed by atoms with Gasteiger partial charge >= 0.3 is 0 Å². The molecule has 0 aliphatic carbocycles. The van der Waals surface area contributed by atoms with Crippen LogP contribution in [0.25, 0.3) is 0 Å². The van der Waals surface area contributed by atoms with Crippen molar-refractivity contribution in [3.05, 3.63) is 66.2 Å². The number of ether oxygens (including phenoxy) is 2. The summed E-state index contributed by atoms with van der Waals surface area (Å²) in [4.78, 5) is 34.9. The van der Waals surface area contributed by atoms with E-state index < -0.39 is 0 Å². The average Bonchev–Trinajstić information content (AvgIpc) is 3.38. The minimum atomic E-state index is -0.0156. The topological polar surface area (TPSA) is 76.9 Å². The van der Waals surface area contributed by atoms with E-state index in [9.17, 15) is 9.59 Å². The molecule has 3 heterocycles. The Kier molecular flexibility index (Phi) is 7.18. The molecule has 0 unspecified atom stereocenters. The van der Waals surface area contributed by atoms with Gasteiger partial charge in [0.25, 0.3) is 0 Å². The lowest BCUT2D eigenvalue weighted by atomic mass is 9.95. The molecule has 0 N–H and O–H groups in total. The minimum Gasteiger partial charge on any atom is -0.497 e. The summed E-state index contributed by atoms with van der Waals surface area (Å²) in [6.07, 6.45) is 5.51. The van der Waals surface area contributed by atoms with Crippen LogP contribution in [0.3, 0.4) is 0 Å². The molecule has 36 heavy (non-hydrogen) atoms. The predicted octanol–water partition coefficient (Wildman–Crippen LogP) is 3.79. The largest absolute Gasteiger partial charge is 0.497 e. The molecule has 5 rings (SSSR count). The van der Waals surface area contributed by atoms with Gasteiger partial charge < -0.3 is 23.8 Å². The predicted molar refractivity (Wildman–Crippen MR) is 139 cm³/mol. The minimum absolute atomic E-state index is 0.00433. The summed E-state index contributed by atoms with van der Waals surface area (Å²) >= 11 is 1.53. The smallest absolute Gasteiger partial charge is 0.242 e. The van der Waals surface area contributed by atoms with Crippen LogP contribution >= 0.6 is 11.8 Å². The van der Waals surface area contributed by atoms with Gasteiger partial charge in [0.2, 0.25) is 11.8 Å². The van der Waals surface area contributed by atoms with E-state index in [-0.39, 0.29) is 24.3 Å². The SMILES string of the molecule is COc1cc(Cn2ccnc2C2CCN(C(=O)CN3C(=O)CSc4ccccc43)CC2)cc(OC)c1. The van der Waals surface area contributed by atoms with Gasteiger partial charge in [-0.05, 0) is 42.7 Å². The Balaban J connectivity index is 1.22. The Labute approximate surface area is 215 Å². The number of hydrogen-bond donors (Lipinski definition) is 0. The van der Waals surface area contributed by atoms with Gasteiger partial charge in [0.05, 0.1) is 25.7 Å². The maximum Gasteiger partial charge on any atom is 0.242 e. The molecular weight excluding hydrogens is 476 g/mol. The van der Waals surface area contributed by atoms with E-state index in [0.717, 1.165) is 46.3 Å². The van der Waals surface area contributed by atoms with Crippen molar-refractivity contribution in [2.75, 3.05) is 44.5 Å². The molecule has 2 aliphatic rings. The van der Waals surface area contributed by atoms with E-state index in [4.69, 9.17) is 9.47 Å². The summed E-state index contributed by atoms with van der Waals surface area (Å²) in [6.45, 7) is 2.06. The number of benzene rings is 2. The second kappa shape index (κ2) is 10.7. The van der Waals surface area contributed by atoms with E-state index in [1.807, 2.05) is 59.8 Å². The van der Waals surface area contributed by atoms with Crippen LogP contribution in [0.4, 0.5) is 5.69 Å².